The lowest BCUT2D eigenvalue weighted by Gasteiger charge is -2.24. The summed E-state index contributed by atoms with van der Waals surface area (Å²) < 4.78 is 6.80. The molecule has 0 bridgehead atoms. The molecule has 2 aromatic rings. The predicted molar refractivity (Wildman–Crippen MR) is 77.8 cm³/mol. The Balaban J connectivity index is 1.73. The van der Waals surface area contributed by atoms with Crippen LogP contribution in [0.25, 0.3) is 0 Å². The fourth-order valence-corrected chi connectivity index (χ4v) is 2.48. The number of carbonyl (C=O) groups excluding carboxylic acids is 1. The van der Waals surface area contributed by atoms with Gasteiger partial charge in [-0.3, -0.25) is 14.3 Å². The topological polar surface area (TPSA) is 93.5 Å². The van der Waals surface area contributed by atoms with Crippen molar-refractivity contribution in [3.05, 3.63) is 42.1 Å². The maximum atomic E-state index is 12.4. The smallest absolute Gasteiger partial charge is 0.325 e. The van der Waals surface area contributed by atoms with E-state index in [2.05, 4.69) is 10.4 Å². The summed E-state index contributed by atoms with van der Waals surface area (Å²) in [6.07, 6.45) is 2.11. The molecule has 0 radical (unpaired) electrons. The van der Waals surface area contributed by atoms with Gasteiger partial charge in [-0.2, -0.15) is 5.10 Å². The molecule has 22 heavy (non-hydrogen) atoms. The number of anilines is 1. The van der Waals surface area contributed by atoms with Crippen molar-refractivity contribution >= 4 is 17.7 Å². The van der Waals surface area contributed by atoms with Crippen LogP contribution in [0.2, 0.25) is 0 Å². The minimum Gasteiger partial charge on any atom is -0.493 e. The van der Waals surface area contributed by atoms with Gasteiger partial charge in [0.1, 0.15) is 12.3 Å². The third-order valence-electron chi connectivity index (χ3n) is 3.46. The van der Waals surface area contributed by atoms with E-state index in [4.69, 9.17) is 9.84 Å². The first-order valence-electron chi connectivity index (χ1n) is 6.91. The molecule has 0 spiro atoms. The Morgan fingerprint density at radius 3 is 3.00 bits per heavy atom. The molecule has 0 fully saturated rings. The van der Waals surface area contributed by atoms with Crippen LogP contribution in [0, 0.1) is 0 Å². The van der Waals surface area contributed by atoms with Gasteiger partial charge < -0.3 is 15.2 Å². The normalized spacial score (nSPS) is 16.5. The van der Waals surface area contributed by atoms with Crippen molar-refractivity contribution in [1.29, 1.82) is 0 Å². The summed E-state index contributed by atoms with van der Waals surface area (Å²) in [5, 5.41) is 15.4. The van der Waals surface area contributed by atoms with Gasteiger partial charge in [-0.15, -0.1) is 0 Å². The molecule has 3 rings (SSSR count). The highest BCUT2D eigenvalue weighted by Gasteiger charge is 2.27. The van der Waals surface area contributed by atoms with Crippen LogP contribution >= 0.6 is 0 Å². The number of carboxylic acid groups (broad SMARTS) is 1. The summed E-state index contributed by atoms with van der Waals surface area (Å²) in [6, 6.07) is 9.03. The van der Waals surface area contributed by atoms with Crippen molar-refractivity contribution in [2.45, 2.75) is 18.9 Å². The van der Waals surface area contributed by atoms with Crippen molar-refractivity contribution < 1.29 is 19.4 Å². The molecule has 0 saturated carbocycles. The number of nitrogens with zero attached hydrogens (tertiary/aromatic N) is 2. The highest BCUT2D eigenvalue weighted by atomic mass is 16.5. The first-order valence-corrected chi connectivity index (χ1v) is 6.91. The average molecular weight is 301 g/mol. The van der Waals surface area contributed by atoms with Crippen LogP contribution in [-0.4, -0.2) is 33.4 Å². The van der Waals surface area contributed by atoms with Crippen molar-refractivity contribution in [1.82, 2.24) is 9.78 Å². The number of para-hydroxylation sites is 1. The van der Waals surface area contributed by atoms with Gasteiger partial charge in [0.05, 0.1) is 12.5 Å². The van der Waals surface area contributed by atoms with Crippen LogP contribution in [0.1, 0.15) is 17.9 Å². The van der Waals surface area contributed by atoms with Crippen molar-refractivity contribution in [2.75, 3.05) is 11.9 Å². The largest absolute Gasteiger partial charge is 0.493 e. The molecule has 1 aliphatic rings. The monoisotopic (exact) mass is 301 g/mol. The number of ether oxygens (including phenoxy) is 1. The van der Waals surface area contributed by atoms with Gasteiger partial charge in [0.25, 0.3) is 0 Å². The zero-order chi connectivity index (χ0) is 15.5. The van der Waals surface area contributed by atoms with E-state index in [0.29, 0.717) is 18.8 Å². The Hall–Kier alpha value is -2.83. The number of hydrogen-bond donors (Lipinski definition) is 2. The van der Waals surface area contributed by atoms with Crippen molar-refractivity contribution in [2.24, 2.45) is 0 Å². The number of hydrogen-bond acceptors (Lipinski definition) is 4. The lowest BCUT2D eigenvalue weighted by Crippen LogP contribution is -2.26. The molecule has 114 valence electrons. The molecule has 2 heterocycles. The number of aliphatic carboxylic acids is 1. The summed E-state index contributed by atoms with van der Waals surface area (Å²) in [6.45, 7) is 0.249. The van der Waals surface area contributed by atoms with Gasteiger partial charge in [0, 0.05) is 17.8 Å². The molecule has 1 amide bonds. The first-order chi connectivity index (χ1) is 10.6. The highest BCUT2D eigenvalue weighted by Crippen LogP contribution is 2.33. The van der Waals surface area contributed by atoms with E-state index in [1.165, 1.54) is 10.9 Å². The Bertz CT molecular complexity index is 710. The van der Waals surface area contributed by atoms with E-state index in [1.807, 2.05) is 24.3 Å². The zero-order valence-electron chi connectivity index (χ0n) is 11.7. The third kappa shape index (κ3) is 2.93. The summed E-state index contributed by atoms with van der Waals surface area (Å²) in [5.74, 6) is -0.384. The van der Waals surface area contributed by atoms with E-state index in [9.17, 15) is 9.59 Å². The van der Waals surface area contributed by atoms with E-state index in [1.54, 1.807) is 6.07 Å². The SMILES string of the molecule is O=C(O)Cn1ccc(NC(=O)[C@H]2CCOc3ccccc32)n1. The number of rotatable bonds is 4. The number of nitrogens with one attached hydrogen (secondary N) is 1. The third-order valence-corrected chi connectivity index (χ3v) is 3.46. The Kier molecular flexibility index (Phi) is 3.78. The second-order valence-electron chi connectivity index (χ2n) is 5.01. The van der Waals surface area contributed by atoms with Gasteiger partial charge in [-0.05, 0) is 12.5 Å². The number of benzene rings is 1. The summed E-state index contributed by atoms with van der Waals surface area (Å²) in [4.78, 5) is 23.1. The first kappa shape index (κ1) is 14.1. The molecule has 1 aromatic carbocycles. The van der Waals surface area contributed by atoms with Gasteiger partial charge >= 0.3 is 5.97 Å². The molecular formula is C15H15N3O4. The molecule has 1 atom stereocenters. The van der Waals surface area contributed by atoms with Crippen LogP contribution in [0.15, 0.2) is 36.5 Å². The highest BCUT2D eigenvalue weighted by molar-refractivity contribution is 5.95. The second kappa shape index (κ2) is 5.88. The van der Waals surface area contributed by atoms with Gasteiger partial charge in [-0.1, -0.05) is 18.2 Å². The number of fused-ring (bicyclic) bond motifs is 1. The number of aromatic nitrogens is 2. The van der Waals surface area contributed by atoms with Gasteiger partial charge in [-0.25, -0.2) is 0 Å². The van der Waals surface area contributed by atoms with Crippen molar-refractivity contribution in [3.63, 3.8) is 0 Å². The summed E-state index contributed by atoms with van der Waals surface area (Å²) >= 11 is 0. The van der Waals surface area contributed by atoms with E-state index < -0.39 is 5.97 Å². The minimum atomic E-state index is -0.987. The molecule has 7 nitrogen and oxygen atoms in total. The lowest BCUT2D eigenvalue weighted by atomic mass is 9.92. The predicted octanol–water partition coefficient (Wildman–Crippen LogP) is 1.47. The molecule has 2 N–H and O–H groups in total. The summed E-state index contributed by atoms with van der Waals surface area (Å²) in [7, 11) is 0. The maximum absolute atomic E-state index is 12.4. The molecule has 0 aliphatic carbocycles. The molecule has 1 aliphatic heterocycles. The minimum absolute atomic E-state index is 0.170. The molecule has 0 unspecified atom stereocenters. The number of carbonyl (C=O) groups is 2. The van der Waals surface area contributed by atoms with Gasteiger partial charge in [0.2, 0.25) is 5.91 Å². The molecule has 1 aromatic heterocycles. The van der Waals surface area contributed by atoms with E-state index in [0.717, 1.165) is 11.3 Å². The molecule has 0 saturated heterocycles. The van der Waals surface area contributed by atoms with Crippen molar-refractivity contribution in [3.8, 4) is 5.75 Å². The maximum Gasteiger partial charge on any atom is 0.325 e. The number of amides is 1. The molecular weight excluding hydrogens is 286 g/mol. The van der Waals surface area contributed by atoms with Crippen LogP contribution in [0.3, 0.4) is 0 Å². The second-order valence-corrected chi connectivity index (χ2v) is 5.01. The van der Waals surface area contributed by atoms with Crippen LogP contribution in [0.4, 0.5) is 5.82 Å². The lowest BCUT2D eigenvalue weighted by molar-refractivity contribution is -0.137. The number of carboxylic acids is 1. The Labute approximate surface area is 126 Å². The van der Waals surface area contributed by atoms with Crippen LogP contribution in [0.5, 0.6) is 5.75 Å². The summed E-state index contributed by atoms with van der Waals surface area (Å²) in [5.41, 5.74) is 0.858. The zero-order valence-corrected chi connectivity index (χ0v) is 11.7. The fourth-order valence-electron chi connectivity index (χ4n) is 2.48. The fraction of sp³-hybridized carbons (Fsp3) is 0.267. The van der Waals surface area contributed by atoms with E-state index in [-0.39, 0.29) is 18.4 Å². The molecule has 7 heteroatoms. The van der Waals surface area contributed by atoms with Crippen LogP contribution in [-0.2, 0) is 16.1 Å². The Morgan fingerprint density at radius 1 is 1.36 bits per heavy atom. The van der Waals surface area contributed by atoms with E-state index >= 15 is 0 Å². The standard InChI is InChI=1S/C15H15N3O4/c19-14(20)9-18-7-5-13(17-18)16-15(21)11-6-8-22-12-4-2-1-3-10(11)12/h1-5,7,11H,6,8-9H2,(H,19,20)(H,16,17,21)/t11-/m0/s1. The Morgan fingerprint density at radius 2 is 2.18 bits per heavy atom. The average Bonchev–Trinajstić information content (AvgIpc) is 2.92. The quantitative estimate of drug-likeness (QED) is 0.892. The van der Waals surface area contributed by atoms with Gasteiger partial charge in [0.15, 0.2) is 5.82 Å². The van der Waals surface area contributed by atoms with Crippen LogP contribution < -0.4 is 10.1 Å².